The van der Waals surface area contributed by atoms with Gasteiger partial charge in [0.05, 0.1) is 12.8 Å². The first-order valence-electron chi connectivity index (χ1n) is 9.31. The number of para-hydroxylation sites is 2. The van der Waals surface area contributed by atoms with Crippen LogP contribution in [0.3, 0.4) is 0 Å². The largest absolute Gasteiger partial charge is 0.495 e. The molecule has 2 heterocycles. The van der Waals surface area contributed by atoms with Gasteiger partial charge in [-0.1, -0.05) is 18.6 Å². The van der Waals surface area contributed by atoms with E-state index in [1.807, 2.05) is 18.2 Å². The second-order valence-electron chi connectivity index (χ2n) is 7.06. The number of ether oxygens (including phenoxy) is 1. The topological polar surface area (TPSA) is 87.9 Å². The molecule has 0 spiro atoms. The van der Waals surface area contributed by atoms with Gasteiger partial charge in [-0.3, -0.25) is 9.69 Å². The van der Waals surface area contributed by atoms with Crippen LogP contribution in [0, 0.1) is 0 Å². The molecular formula is C19H28N4O3. The zero-order valence-corrected chi connectivity index (χ0v) is 15.4. The molecule has 3 amide bonds. The summed E-state index contributed by atoms with van der Waals surface area (Å²) in [5.74, 6) is 0.363. The number of methoxy groups -OCH3 is 1. The van der Waals surface area contributed by atoms with Gasteiger partial charge in [-0.2, -0.15) is 0 Å². The Hall–Kier alpha value is -2.28. The zero-order chi connectivity index (χ0) is 18.6. The summed E-state index contributed by atoms with van der Waals surface area (Å²) in [5.41, 5.74) is 5.83. The van der Waals surface area contributed by atoms with Gasteiger partial charge in [0.25, 0.3) is 0 Å². The molecule has 0 saturated carbocycles. The number of anilines is 1. The maximum absolute atomic E-state index is 12.6. The van der Waals surface area contributed by atoms with Gasteiger partial charge in [0.15, 0.2) is 0 Å². The summed E-state index contributed by atoms with van der Waals surface area (Å²) < 4.78 is 5.28. The van der Waals surface area contributed by atoms with Crippen molar-refractivity contribution in [2.45, 2.75) is 37.6 Å². The number of piperidine rings is 2. The summed E-state index contributed by atoms with van der Waals surface area (Å²) in [6, 6.07) is 7.15. The van der Waals surface area contributed by atoms with Gasteiger partial charge >= 0.3 is 6.03 Å². The minimum atomic E-state index is -0.609. The molecule has 3 rings (SSSR count). The van der Waals surface area contributed by atoms with Crippen LogP contribution >= 0.6 is 0 Å². The van der Waals surface area contributed by atoms with Gasteiger partial charge in [-0.15, -0.1) is 0 Å². The molecule has 0 aliphatic carbocycles. The second kappa shape index (κ2) is 7.95. The number of hydrogen-bond donors (Lipinski definition) is 2. The maximum atomic E-state index is 12.6. The number of likely N-dealkylation sites (tertiary alicyclic amines) is 2. The van der Waals surface area contributed by atoms with E-state index in [0.717, 1.165) is 25.9 Å². The van der Waals surface area contributed by atoms with Crippen molar-refractivity contribution in [3.63, 3.8) is 0 Å². The van der Waals surface area contributed by atoms with Crippen molar-refractivity contribution < 1.29 is 14.3 Å². The summed E-state index contributed by atoms with van der Waals surface area (Å²) in [6.45, 7) is 2.85. The first-order valence-corrected chi connectivity index (χ1v) is 9.31. The lowest BCUT2D eigenvalue weighted by atomic mass is 9.83. The lowest BCUT2D eigenvalue weighted by molar-refractivity contribution is -0.134. The first kappa shape index (κ1) is 18.5. The SMILES string of the molecule is COc1ccccc1NC(=O)N1CCC(C(N)=O)(N2CCCCC2)CC1. The van der Waals surface area contributed by atoms with E-state index in [9.17, 15) is 9.59 Å². The van der Waals surface area contributed by atoms with E-state index >= 15 is 0 Å². The van der Waals surface area contributed by atoms with Crippen LogP contribution < -0.4 is 15.8 Å². The molecule has 1 aromatic carbocycles. The Bertz CT molecular complexity index is 650. The average molecular weight is 360 g/mol. The number of nitrogens with one attached hydrogen (secondary N) is 1. The predicted molar refractivity (Wildman–Crippen MR) is 100 cm³/mol. The van der Waals surface area contributed by atoms with Crippen molar-refractivity contribution in [1.82, 2.24) is 9.80 Å². The molecule has 0 radical (unpaired) electrons. The fraction of sp³-hybridized carbons (Fsp3) is 0.579. The van der Waals surface area contributed by atoms with Crippen LogP contribution in [0.2, 0.25) is 0 Å². The molecule has 142 valence electrons. The molecule has 26 heavy (non-hydrogen) atoms. The number of primary amides is 1. The van der Waals surface area contributed by atoms with Crippen LogP contribution in [0.5, 0.6) is 5.75 Å². The third-order valence-corrected chi connectivity index (χ3v) is 5.65. The Kier molecular flexibility index (Phi) is 5.66. The number of benzene rings is 1. The predicted octanol–water partition coefficient (Wildman–Crippen LogP) is 2.03. The molecule has 2 fully saturated rings. The Balaban J connectivity index is 1.64. The summed E-state index contributed by atoms with van der Waals surface area (Å²) in [5, 5.41) is 2.90. The smallest absolute Gasteiger partial charge is 0.321 e. The molecule has 0 atom stereocenters. The van der Waals surface area contributed by atoms with Crippen LogP contribution in [-0.4, -0.2) is 60.6 Å². The quantitative estimate of drug-likeness (QED) is 0.860. The fourth-order valence-corrected chi connectivity index (χ4v) is 4.06. The molecular weight excluding hydrogens is 332 g/mol. The van der Waals surface area contributed by atoms with Gasteiger partial charge in [-0.05, 0) is 50.9 Å². The van der Waals surface area contributed by atoms with Crippen molar-refractivity contribution in [1.29, 1.82) is 0 Å². The molecule has 7 heteroatoms. The number of rotatable bonds is 4. The molecule has 2 aliphatic heterocycles. The summed E-state index contributed by atoms with van der Waals surface area (Å²) >= 11 is 0. The van der Waals surface area contributed by atoms with Gasteiger partial charge in [-0.25, -0.2) is 4.79 Å². The van der Waals surface area contributed by atoms with E-state index in [1.54, 1.807) is 18.1 Å². The van der Waals surface area contributed by atoms with Gasteiger partial charge < -0.3 is 20.7 Å². The number of carbonyl (C=O) groups excluding carboxylic acids is 2. The highest BCUT2D eigenvalue weighted by molar-refractivity contribution is 5.91. The van der Waals surface area contributed by atoms with E-state index in [4.69, 9.17) is 10.5 Å². The summed E-state index contributed by atoms with van der Waals surface area (Å²) in [7, 11) is 1.58. The molecule has 0 aromatic heterocycles. The van der Waals surface area contributed by atoms with Crippen LogP contribution in [0.1, 0.15) is 32.1 Å². The highest BCUT2D eigenvalue weighted by atomic mass is 16.5. The molecule has 2 aliphatic rings. The normalized spacial score (nSPS) is 20.4. The first-order chi connectivity index (χ1) is 12.6. The molecule has 2 saturated heterocycles. The minimum absolute atomic E-state index is 0.175. The standard InChI is InChI=1S/C19H28N4O3/c1-26-16-8-4-3-7-15(16)21-18(25)22-13-9-19(10-14-22,17(20)24)23-11-5-2-6-12-23/h3-4,7-8H,2,5-6,9-14H2,1H3,(H2,20,24)(H,21,25). The van der Waals surface area contributed by atoms with Crippen LogP contribution in [-0.2, 0) is 4.79 Å². The molecule has 1 aromatic rings. The molecule has 0 bridgehead atoms. The van der Waals surface area contributed by atoms with E-state index in [0.29, 0.717) is 37.4 Å². The second-order valence-corrected chi connectivity index (χ2v) is 7.06. The van der Waals surface area contributed by atoms with E-state index < -0.39 is 5.54 Å². The summed E-state index contributed by atoms with van der Waals surface area (Å²) in [4.78, 5) is 28.9. The maximum Gasteiger partial charge on any atom is 0.321 e. The number of nitrogens with two attached hydrogens (primary N) is 1. The highest BCUT2D eigenvalue weighted by Gasteiger charge is 2.45. The Labute approximate surface area is 154 Å². The van der Waals surface area contributed by atoms with Crippen molar-refractivity contribution >= 4 is 17.6 Å². The lowest BCUT2D eigenvalue weighted by Crippen LogP contribution is -2.64. The van der Waals surface area contributed by atoms with Gasteiger partial charge in [0.2, 0.25) is 5.91 Å². The number of nitrogens with zero attached hydrogens (tertiary/aromatic N) is 2. The van der Waals surface area contributed by atoms with Crippen LogP contribution in [0.4, 0.5) is 10.5 Å². The Morgan fingerprint density at radius 2 is 1.73 bits per heavy atom. The fourth-order valence-electron chi connectivity index (χ4n) is 4.06. The molecule has 7 nitrogen and oxygen atoms in total. The average Bonchev–Trinajstić information content (AvgIpc) is 2.69. The lowest BCUT2D eigenvalue weighted by Gasteiger charge is -2.48. The monoisotopic (exact) mass is 360 g/mol. The van der Waals surface area contributed by atoms with Gasteiger partial charge in [0.1, 0.15) is 11.3 Å². The van der Waals surface area contributed by atoms with Crippen molar-refractivity contribution in [2.24, 2.45) is 5.73 Å². The van der Waals surface area contributed by atoms with Crippen molar-refractivity contribution in [3.8, 4) is 5.75 Å². The van der Waals surface area contributed by atoms with E-state index in [2.05, 4.69) is 10.2 Å². The molecule has 3 N–H and O–H groups in total. The Morgan fingerprint density at radius 1 is 1.08 bits per heavy atom. The van der Waals surface area contributed by atoms with Crippen molar-refractivity contribution in [2.75, 3.05) is 38.6 Å². The van der Waals surface area contributed by atoms with Gasteiger partial charge in [0, 0.05) is 13.1 Å². The van der Waals surface area contributed by atoms with Crippen LogP contribution in [0.25, 0.3) is 0 Å². The highest BCUT2D eigenvalue weighted by Crippen LogP contribution is 2.32. The number of carbonyl (C=O) groups is 2. The molecule has 0 unspecified atom stereocenters. The summed E-state index contributed by atoms with van der Waals surface area (Å²) in [6.07, 6.45) is 4.59. The number of hydrogen-bond acceptors (Lipinski definition) is 4. The zero-order valence-electron chi connectivity index (χ0n) is 15.4. The number of amides is 3. The third-order valence-electron chi connectivity index (χ3n) is 5.65. The van der Waals surface area contributed by atoms with Crippen LogP contribution in [0.15, 0.2) is 24.3 Å². The van der Waals surface area contributed by atoms with E-state index in [1.165, 1.54) is 6.42 Å². The van der Waals surface area contributed by atoms with Crippen molar-refractivity contribution in [3.05, 3.63) is 24.3 Å². The number of urea groups is 1. The Morgan fingerprint density at radius 3 is 2.35 bits per heavy atom. The van der Waals surface area contributed by atoms with E-state index in [-0.39, 0.29) is 11.9 Å². The third kappa shape index (κ3) is 3.62. The minimum Gasteiger partial charge on any atom is -0.495 e.